The molecule has 1 fully saturated rings. The predicted octanol–water partition coefficient (Wildman–Crippen LogP) is 2.89. The SMILES string of the molecule is O=C(Nc1cccc(F)c1)NC1CC(=O)N(Cc2ccc(F)cc2)C1. The fourth-order valence-corrected chi connectivity index (χ4v) is 2.75. The Labute approximate surface area is 143 Å². The summed E-state index contributed by atoms with van der Waals surface area (Å²) >= 11 is 0. The molecule has 1 saturated heterocycles. The standard InChI is InChI=1S/C18H17F2N3O2/c19-13-6-4-12(5-7-13)10-23-11-16(9-17(23)24)22-18(25)21-15-3-1-2-14(20)8-15/h1-8,16H,9-11H2,(H2,21,22,25). The third-order valence-electron chi connectivity index (χ3n) is 3.92. The third-order valence-corrected chi connectivity index (χ3v) is 3.92. The van der Waals surface area contributed by atoms with E-state index < -0.39 is 11.8 Å². The van der Waals surface area contributed by atoms with Crippen LogP contribution in [-0.2, 0) is 11.3 Å². The summed E-state index contributed by atoms with van der Waals surface area (Å²) in [5.41, 5.74) is 1.16. The number of amides is 3. The summed E-state index contributed by atoms with van der Waals surface area (Å²) in [6.07, 6.45) is 0.192. The highest BCUT2D eigenvalue weighted by atomic mass is 19.1. The molecule has 25 heavy (non-hydrogen) atoms. The summed E-state index contributed by atoms with van der Waals surface area (Å²) in [6, 6.07) is 10.7. The number of nitrogens with zero attached hydrogens (tertiary/aromatic N) is 1. The zero-order chi connectivity index (χ0) is 17.8. The lowest BCUT2D eigenvalue weighted by molar-refractivity contribution is -0.128. The van der Waals surface area contributed by atoms with Crippen LogP contribution in [0.3, 0.4) is 0 Å². The molecule has 2 aromatic carbocycles. The van der Waals surface area contributed by atoms with Crippen molar-refractivity contribution >= 4 is 17.6 Å². The van der Waals surface area contributed by atoms with E-state index in [-0.39, 0.29) is 24.2 Å². The van der Waals surface area contributed by atoms with E-state index in [0.717, 1.165) is 5.56 Å². The fraction of sp³-hybridized carbons (Fsp3) is 0.222. The Morgan fingerprint density at radius 1 is 1.12 bits per heavy atom. The number of urea groups is 1. The van der Waals surface area contributed by atoms with Gasteiger partial charge in [-0.3, -0.25) is 4.79 Å². The monoisotopic (exact) mass is 345 g/mol. The number of likely N-dealkylation sites (tertiary alicyclic amines) is 1. The van der Waals surface area contributed by atoms with Crippen LogP contribution in [0.25, 0.3) is 0 Å². The highest BCUT2D eigenvalue weighted by Crippen LogP contribution is 2.16. The van der Waals surface area contributed by atoms with Gasteiger partial charge in [0.05, 0.1) is 6.04 Å². The van der Waals surface area contributed by atoms with Crippen molar-refractivity contribution in [1.82, 2.24) is 10.2 Å². The normalized spacial score (nSPS) is 16.8. The smallest absolute Gasteiger partial charge is 0.319 e. The van der Waals surface area contributed by atoms with Crippen LogP contribution in [0.4, 0.5) is 19.3 Å². The molecular formula is C18H17F2N3O2. The summed E-state index contributed by atoms with van der Waals surface area (Å²) in [4.78, 5) is 25.7. The van der Waals surface area contributed by atoms with Gasteiger partial charge in [-0.05, 0) is 35.9 Å². The van der Waals surface area contributed by atoms with E-state index in [2.05, 4.69) is 10.6 Å². The molecule has 3 amide bonds. The Kier molecular flexibility index (Phi) is 4.92. The lowest BCUT2D eigenvalue weighted by atomic mass is 10.2. The van der Waals surface area contributed by atoms with Gasteiger partial charge in [0.2, 0.25) is 5.91 Å². The van der Waals surface area contributed by atoms with Gasteiger partial charge in [-0.25, -0.2) is 13.6 Å². The fourth-order valence-electron chi connectivity index (χ4n) is 2.75. The highest BCUT2D eigenvalue weighted by molar-refractivity contribution is 5.90. The van der Waals surface area contributed by atoms with E-state index in [1.165, 1.54) is 30.3 Å². The van der Waals surface area contributed by atoms with E-state index in [1.54, 1.807) is 23.1 Å². The number of hydrogen-bond donors (Lipinski definition) is 2. The van der Waals surface area contributed by atoms with Gasteiger partial charge < -0.3 is 15.5 Å². The molecule has 1 aliphatic rings. The molecule has 3 rings (SSSR count). The molecular weight excluding hydrogens is 328 g/mol. The Morgan fingerprint density at radius 2 is 1.88 bits per heavy atom. The largest absolute Gasteiger partial charge is 0.336 e. The Bertz CT molecular complexity index is 780. The third kappa shape index (κ3) is 4.53. The Balaban J connectivity index is 1.53. The summed E-state index contributed by atoms with van der Waals surface area (Å²) < 4.78 is 26.0. The van der Waals surface area contributed by atoms with Crippen LogP contribution in [0, 0.1) is 11.6 Å². The highest BCUT2D eigenvalue weighted by Gasteiger charge is 2.30. The van der Waals surface area contributed by atoms with Crippen LogP contribution in [0.15, 0.2) is 48.5 Å². The molecule has 130 valence electrons. The molecule has 1 unspecified atom stereocenters. The quantitative estimate of drug-likeness (QED) is 0.895. The van der Waals surface area contributed by atoms with Gasteiger partial charge in [-0.2, -0.15) is 0 Å². The summed E-state index contributed by atoms with van der Waals surface area (Å²) in [7, 11) is 0. The first-order valence-electron chi connectivity index (χ1n) is 7.85. The number of benzene rings is 2. The number of carbonyl (C=O) groups is 2. The minimum atomic E-state index is -0.493. The van der Waals surface area contributed by atoms with Crippen LogP contribution in [-0.4, -0.2) is 29.4 Å². The second-order valence-electron chi connectivity index (χ2n) is 5.91. The molecule has 0 bridgehead atoms. The zero-order valence-electron chi connectivity index (χ0n) is 13.3. The second kappa shape index (κ2) is 7.29. The summed E-state index contributed by atoms with van der Waals surface area (Å²) in [5.74, 6) is -0.857. The Hall–Kier alpha value is -2.96. The van der Waals surface area contributed by atoms with Crippen molar-refractivity contribution in [3.05, 3.63) is 65.7 Å². The van der Waals surface area contributed by atoms with Crippen LogP contribution < -0.4 is 10.6 Å². The molecule has 7 heteroatoms. The van der Waals surface area contributed by atoms with Crippen LogP contribution in [0.1, 0.15) is 12.0 Å². The predicted molar refractivity (Wildman–Crippen MR) is 88.8 cm³/mol. The van der Waals surface area contributed by atoms with Crippen molar-refractivity contribution in [3.63, 3.8) is 0 Å². The van der Waals surface area contributed by atoms with Gasteiger partial charge in [0, 0.05) is 25.2 Å². The van der Waals surface area contributed by atoms with Gasteiger partial charge in [0.1, 0.15) is 11.6 Å². The number of halogens is 2. The van der Waals surface area contributed by atoms with Crippen LogP contribution in [0.2, 0.25) is 0 Å². The maximum atomic E-state index is 13.1. The van der Waals surface area contributed by atoms with E-state index >= 15 is 0 Å². The number of carbonyl (C=O) groups excluding carboxylic acids is 2. The van der Waals surface area contributed by atoms with E-state index in [1.807, 2.05) is 0 Å². The first-order valence-corrected chi connectivity index (χ1v) is 7.85. The van der Waals surface area contributed by atoms with Crippen molar-refractivity contribution in [1.29, 1.82) is 0 Å². The molecule has 1 atom stereocenters. The molecule has 5 nitrogen and oxygen atoms in total. The molecule has 0 aromatic heterocycles. The number of hydrogen-bond acceptors (Lipinski definition) is 2. The van der Waals surface area contributed by atoms with Crippen LogP contribution in [0.5, 0.6) is 0 Å². The first kappa shape index (κ1) is 16.9. The van der Waals surface area contributed by atoms with E-state index in [9.17, 15) is 18.4 Å². The maximum absolute atomic E-state index is 13.1. The molecule has 1 heterocycles. The average Bonchev–Trinajstić information content (AvgIpc) is 2.88. The molecule has 0 radical (unpaired) electrons. The van der Waals surface area contributed by atoms with Crippen LogP contribution >= 0.6 is 0 Å². The van der Waals surface area contributed by atoms with Gasteiger partial charge >= 0.3 is 6.03 Å². The molecule has 0 aliphatic carbocycles. The summed E-state index contributed by atoms with van der Waals surface area (Å²) in [6.45, 7) is 0.732. The Morgan fingerprint density at radius 3 is 2.60 bits per heavy atom. The van der Waals surface area contributed by atoms with Gasteiger partial charge in [0.15, 0.2) is 0 Å². The maximum Gasteiger partial charge on any atom is 0.319 e. The van der Waals surface area contributed by atoms with Gasteiger partial charge in [-0.1, -0.05) is 18.2 Å². The minimum Gasteiger partial charge on any atom is -0.336 e. The molecule has 1 aliphatic heterocycles. The molecule has 0 saturated carbocycles. The molecule has 2 aromatic rings. The minimum absolute atomic E-state index is 0.0830. The van der Waals surface area contributed by atoms with Gasteiger partial charge in [-0.15, -0.1) is 0 Å². The number of anilines is 1. The number of rotatable bonds is 4. The second-order valence-corrected chi connectivity index (χ2v) is 5.91. The number of nitrogens with one attached hydrogen (secondary N) is 2. The summed E-state index contributed by atoms with van der Waals surface area (Å²) in [5, 5.41) is 5.24. The molecule has 0 spiro atoms. The zero-order valence-corrected chi connectivity index (χ0v) is 13.3. The van der Waals surface area contributed by atoms with Crippen molar-refractivity contribution < 1.29 is 18.4 Å². The van der Waals surface area contributed by atoms with Gasteiger partial charge in [0.25, 0.3) is 0 Å². The average molecular weight is 345 g/mol. The van der Waals surface area contributed by atoms with Crippen molar-refractivity contribution in [2.24, 2.45) is 0 Å². The van der Waals surface area contributed by atoms with Crippen molar-refractivity contribution in [2.75, 3.05) is 11.9 Å². The topological polar surface area (TPSA) is 61.4 Å². The van der Waals surface area contributed by atoms with Crippen molar-refractivity contribution in [3.8, 4) is 0 Å². The lowest BCUT2D eigenvalue weighted by Crippen LogP contribution is -2.39. The van der Waals surface area contributed by atoms with E-state index in [0.29, 0.717) is 18.8 Å². The van der Waals surface area contributed by atoms with E-state index in [4.69, 9.17) is 0 Å². The lowest BCUT2D eigenvalue weighted by Gasteiger charge is -2.17. The molecule has 2 N–H and O–H groups in total. The first-order chi connectivity index (χ1) is 12.0. The van der Waals surface area contributed by atoms with Crippen molar-refractivity contribution in [2.45, 2.75) is 19.0 Å².